The molecule has 1 N–H and O–H groups in total. The second-order valence-corrected chi connectivity index (χ2v) is 5.43. The fourth-order valence-electron chi connectivity index (χ4n) is 2.47. The average molecular weight is 304 g/mol. The molecule has 0 aliphatic rings. The second-order valence-electron chi connectivity index (χ2n) is 5.02. The Kier molecular flexibility index (Phi) is 6.09. The third-order valence-corrected chi connectivity index (χ3v) is 3.96. The Hall–Kier alpha value is -1.51. The fourth-order valence-corrected chi connectivity index (χ4v) is 2.74. The van der Waals surface area contributed by atoms with E-state index >= 15 is 0 Å². The summed E-state index contributed by atoms with van der Waals surface area (Å²) in [7, 11) is 1.69. The van der Waals surface area contributed by atoms with Crippen LogP contribution in [0.5, 0.6) is 5.75 Å². The zero-order valence-corrected chi connectivity index (χ0v) is 13.4. The molecule has 0 aliphatic carbocycles. The highest BCUT2D eigenvalue weighted by Crippen LogP contribution is 2.26. The largest absolute Gasteiger partial charge is 0.497 e. The molecule has 0 saturated carbocycles. The summed E-state index contributed by atoms with van der Waals surface area (Å²) < 4.78 is 5.19. The van der Waals surface area contributed by atoms with E-state index in [1.54, 1.807) is 7.11 Å². The van der Waals surface area contributed by atoms with Gasteiger partial charge in [0.15, 0.2) is 0 Å². The number of ether oxygens (including phenoxy) is 1. The van der Waals surface area contributed by atoms with Crippen molar-refractivity contribution in [3.05, 3.63) is 64.7 Å². The van der Waals surface area contributed by atoms with E-state index in [4.69, 9.17) is 16.3 Å². The standard InChI is InChI=1S/C18H22ClNO/c1-3-20-18(16-6-4-5-7-17(16)19)13-10-14-8-11-15(21-2)12-9-14/h4-9,11-12,18,20H,3,10,13H2,1-2H3. The lowest BCUT2D eigenvalue weighted by Gasteiger charge is -2.19. The first-order chi connectivity index (χ1) is 10.2. The molecule has 2 aromatic rings. The lowest BCUT2D eigenvalue weighted by Crippen LogP contribution is -2.21. The highest BCUT2D eigenvalue weighted by Gasteiger charge is 2.13. The summed E-state index contributed by atoms with van der Waals surface area (Å²) in [6.07, 6.45) is 2.02. The van der Waals surface area contributed by atoms with E-state index in [9.17, 15) is 0 Å². The molecule has 2 aromatic carbocycles. The van der Waals surface area contributed by atoms with Crippen molar-refractivity contribution in [2.45, 2.75) is 25.8 Å². The maximum atomic E-state index is 6.32. The van der Waals surface area contributed by atoms with Crippen LogP contribution in [0.4, 0.5) is 0 Å². The van der Waals surface area contributed by atoms with Crippen LogP contribution in [0.1, 0.15) is 30.5 Å². The fraction of sp³-hybridized carbons (Fsp3) is 0.333. The van der Waals surface area contributed by atoms with Gasteiger partial charge in [-0.1, -0.05) is 48.9 Å². The number of benzene rings is 2. The van der Waals surface area contributed by atoms with E-state index < -0.39 is 0 Å². The van der Waals surface area contributed by atoms with Gasteiger partial charge in [-0.3, -0.25) is 0 Å². The van der Waals surface area contributed by atoms with Crippen LogP contribution in [0.15, 0.2) is 48.5 Å². The van der Waals surface area contributed by atoms with E-state index in [1.165, 1.54) is 11.1 Å². The van der Waals surface area contributed by atoms with E-state index in [0.717, 1.165) is 30.2 Å². The molecule has 0 aromatic heterocycles. The van der Waals surface area contributed by atoms with Crippen LogP contribution < -0.4 is 10.1 Å². The number of aryl methyl sites for hydroxylation is 1. The summed E-state index contributed by atoms with van der Waals surface area (Å²) in [6.45, 7) is 3.05. The first-order valence-corrected chi connectivity index (χ1v) is 7.73. The lowest BCUT2D eigenvalue weighted by atomic mass is 9.99. The molecule has 112 valence electrons. The van der Waals surface area contributed by atoms with Crippen LogP contribution in [-0.2, 0) is 6.42 Å². The van der Waals surface area contributed by atoms with Gasteiger partial charge in [0.25, 0.3) is 0 Å². The van der Waals surface area contributed by atoms with E-state index in [-0.39, 0.29) is 6.04 Å². The Balaban J connectivity index is 2.04. The maximum absolute atomic E-state index is 6.32. The van der Waals surface area contributed by atoms with Gasteiger partial charge in [0, 0.05) is 11.1 Å². The molecule has 1 unspecified atom stereocenters. The van der Waals surface area contributed by atoms with Crippen LogP contribution in [0.25, 0.3) is 0 Å². The molecular weight excluding hydrogens is 282 g/mol. The van der Waals surface area contributed by atoms with Crippen molar-refractivity contribution in [2.75, 3.05) is 13.7 Å². The van der Waals surface area contributed by atoms with Crippen LogP contribution >= 0.6 is 11.6 Å². The minimum atomic E-state index is 0.283. The van der Waals surface area contributed by atoms with Crippen molar-refractivity contribution in [1.29, 1.82) is 0 Å². The number of nitrogens with one attached hydrogen (secondary N) is 1. The van der Waals surface area contributed by atoms with Gasteiger partial charge in [-0.25, -0.2) is 0 Å². The summed E-state index contributed by atoms with van der Waals surface area (Å²) in [5.74, 6) is 0.896. The SMILES string of the molecule is CCNC(CCc1ccc(OC)cc1)c1ccccc1Cl. The highest BCUT2D eigenvalue weighted by atomic mass is 35.5. The Morgan fingerprint density at radius 3 is 2.43 bits per heavy atom. The molecular formula is C18H22ClNO. The molecule has 0 radical (unpaired) electrons. The average Bonchev–Trinajstić information content (AvgIpc) is 2.53. The number of hydrogen-bond donors (Lipinski definition) is 1. The van der Waals surface area contributed by atoms with Crippen LogP contribution in [0.2, 0.25) is 5.02 Å². The van der Waals surface area contributed by atoms with Gasteiger partial charge in [-0.15, -0.1) is 0 Å². The van der Waals surface area contributed by atoms with Crippen LogP contribution in [0.3, 0.4) is 0 Å². The zero-order chi connectivity index (χ0) is 15.1. The summed E-state index contributed by atoms with van der Waals surface area (Å²) >= 11 is 6.32. The summed E-state index contributed by atoms with van der Waals surface area (Å²) in [4.78, 5) is 0. The topological polar surface area (TPSA) is 21.3 Å². The summed E-state index contributed by atoms with van der Waals surface area (Å²) in [5, 5.41) is 4.36. The van der Waals surface area contributed by atoms with Crippen LogP contribution in [0, 0.1) is 0 Å². The Morgan fingerprint density at radius 1 is 1.10 bits per heavy atom. The third-order valence-electron chi connectivity index (χ3n) is 3.61. The number of rotatable bonds is 7. The first-order valence-electron chi connectivity index (χ1n) is 7.35. The van der Waals surface area contributed by atoms with Gasteiger partial charge < -0.3 is 10.1 Å². The summed E-state index contributed by atoms with van der Waals surface area (Å²) in [6, 6.07) is 16.6. The van der Waals surface area contributed by atoms with E-state index in [0.29, 0.717) is 0 Å². The predicted octanol–water partition coefficient (Wildman–Crippen LogP) is 4.63. The quantitative estimate of drug-likeness (QED) is 0.805. The monoisotopic (exact) mass is 303 g/mol. The van der Waals surface area contributed by atoms with E-state index in [1.807, 2.05) is 30.3 Å². The molecule has 0 fully saturated rings. The van der Waals surface area contributed by atoms with Crippen molar-refractivity contribution in [1.82, 2.24) is 5.32 Å². The van der Waals surface area contributed by atoms with Crippen molar-refractivity contribution < 1.29 is 4.74 Å². The van der Waals surface area contributed by atoms with E-state index in [2.05, 4.69) is 30.4 Å². The smallest absolute Gasteiger partial charge is 0.118 e. The van der Waals surface area contributed by atoms with Gasteiger partial charge >= 0.3 is 0 Å². The minimum Gasteiger partial charge on any atom is -0.497 e. The Labute approximate surface area is 132 Å². The van der Waals surface area contributed by atoms with Gasteiger partial charge in [-0.05, 0) is 48.7 Å². The predicted molar refractivity (Wildman–Crippen MR) is 89.2 cm³/mol. The maximum Gasteiger partial charge on any atom is 0.118 e. The summed E-state index contributed by atoms with van der Waals surface area (Å²) in [5.41, 5.74) is 2.49. The molecule has 0 bridgehead atoms. The van der Waals surface area contributed by atoms with Gasteiger partial charge in [-0.2, -0.15) is 0 Å². The first kappa shape index (κ1) is 15.9. The van der Waals surface area contributed by atoms with Crippen molar-refractivity contribution in [3.8, 4) is 5.75 Å². The number of methoxy groups -OCH3 is 1. The van der Waals surface area contributed by atoms with Crippen LogP contribution in [-0.4, -0.2) is 13.7 Å². The molecule has 0 amide bonds. The van der Waals surface area contributed by atoms with Gasteiger partial charge in [0.1, 0.15) is 5.75 Å². The zero-order valence-electron chi connectivity index (χ0n) is 12.6. The molecule has 21 heavy (non-hydrogen) atoms. The van der Waals surface area contributed by atoms with Crippen molar-refractivity contribution in [3.63, 3.8) is 0 Å². The van der Waals surface area contributed by atoms with Crippen molar-refractivity contribution in [2.24, 2.45) is 0 Å². The third kappa shape index (κ3) is 4.48. The Bertz CT molecular complexity index is 553. The second kappa shape index (κ2) is 8.06. The molecule has 0 heterocycles. The van der Waals surface area contributed by atoms with Crippen molar-refractivity contribution >= 4 is 11.6 Å². The molecule has 0 spiro atoms. The molecule has 2 rings (SSSR count). The number of hydrogen-bond acceptors (Lipinski definition) is 2. The molecule has 3 heteroatoms. The van der Waals surface area contributed by atoms with Gasteiger partial charge in [0.2, 0.25) is 0 Å². The highest BCUT2D eigenvalue weighted by molar-refractivity contribution is 6.31. The molecule has 0 aliphatic heterocycles. The molecule has 2 nitrogen and oxygen atoms in total. The lowest BCUT2D eigenvalue weighted by molar-refractivity contribution is 0.414. The molecule has 1 atom stereocenters. The normalized spacial score (nSPS) is 12.1. The minimum absolute atomic E-state index is 0.283. The van der Waals surface area contributed by atoms with Gasteiger partial charge in [0.05, 0.1) is 7.11 Å². The molecule has 0 saturated heterocycles. The Morgan fingerprint density at radius 2 is 1.81 bits per heavy atom. The number of halogens is 1.